The predicted octanol–water partition coefficient (Wildman–Crippen LogP) is 5.37. The van der Waals surface area contributed by atoms with E-state index in [1.807, 2.05) is 72.3 Å². The molecule has 0 spiro atoms. The van der Waals surface area contributed by atoms with Crippen LogP contribution in [0, 0.1) is 6.92 Å². The van der Waals surface area contributed by atoms with Crippen LogP contribution in [0.15, 0.2) is 83.6 Å². The SMILES string of the molecule is COc1ccc(Cn2cc(C)c(-c3ccco3)c2C(=O)NCCCN(C)c2ccccc2)cc1. The quantitative estimate of drug-likeness (QED) is 0.325. The fourth-order valence-corrected chi connectivity index (χ4v) is 4.13. The van der Waals surface area contributed by atoms with E-state index in [2.05, 4.69) is 29.4 Å². The Morgan fingerprint density at radius 1 is 1.06 bits per heavy atom. The molecule has 0 aliphatic rings. The van der Waals surface area contributed by atoms with Gasteiger partial charge in [-0.05, 0) is 60.9 Å². The number of anilines is 1. The first-order valence-electron chi connectivity index (χ1n) is 11.5. The molecule has 4 rings (SSSR count). The van der Waals surface area contributed by atoms with Crippen LogP contribution in [0.2, 0.25) is 0 Å². The van der Waals surface area contributed by atoms with Crippen LogP contribution < -0.4 is 15.0 Å². The molecule has 0 bridgehead atoms. The van der Waals surface area contributed by atoms with Gasteiger partial charge in [0, 0.05) is 38.6 Å². The molecule has 1 N–H and O–H groups in total. The van der Waals surface area contributed by atoms with E-state index in [9.17, 15) is 4.79 Å². The van der Waals surface area contributed by atoms with Crippen molar-refractivity contribution < 1.29 is 13.9 Å². The summed E-state index contributed by atoms with van der Waals surface area (Å²) in [6.07, 6.45) is 4.49. The minimum absolute atomic E-state index is 0.102. The molecule has 176 valence electrons. The highest BCUT2D eigenvalue weighted by atomic mass is 16.5. The van der Waals surface area contributed by atoms with Gasteiger partial charge in [0.2, 0.25) is 0 Å². The van der Waals surface area contributed by atoms with Crippen molar-refractivity contribution in [2.45, 2.75) is 19.9 Å². The number of hydrogen-bond donors (Lipinski definition) is 1. The maximum atomic E-state index is 13.4. The maximum Gasteiger partial charge on any atom is 0.268 e. The van der Waals surface area contributed by atoms with Crippen molar-refractivity contribution in [1.82, 2.24) is 9.88 Å². The van der Waals surface area contributed by atoms with E-state index < -0.39 is 0 Å². The van der Waals surface area contributed by atoms with Crippen molar-refractivity contribution in [3.63, 3.8) is 0 Å². The van der Waals surface area contributed by atoms with Gasteiger partial charge in [-0.2, -0.15) is 0 Å². The molecule has 2 heterocycles. The fraction of sp³-hybridized carbons (Fsp3) is 0.250. The largest absolute Gasteiger partial charge is 0.497 e. The van der Waals surface area contributed by atoms with Crippen LogP contribution in [-0.2, 0) is 6.54 Å². The van der Waals surface area contributed by atoms with E-state index in [0.29, 0.717) is 24.5 Å². The van der Waals surface area contributed by atoms with Gasteiger partial charge >= 0.3 is 0 Å². The minimum atomic E-state index is -0.102. The van der Waals surface area contributed by atoms with Gasteiger partial charge in [0.05, 0.1) is 18.9 Å². The molecular weight excluding hydrogens is 426 g/mol. The van der Waals surface area contributed by atoms with Gasteiger partial charge < -0.3 is 23.9 Å². The Kier molecular flexibility index (Phi) is 7.38. The Morgan fingerprint density at radius 3 is 2.50 bits per heavy atom. The predicted molar refractivity (Wildman–Crippen MR) is 136 cm³/mol. The molecule has 6 nitrogen and oxygen atoms in total. The number of para-hydroxylation sites is 1. The summed E-state index contributed by atoms with van der Waals surface area (Å²) in [6.45, 7) is 4.01. The third-order valence-corrected chi connectivity index (χ3v) is 5.92. The Bertz CT molecular complexity index is 1200. The molecule has 2 aromatic carbocycles. The Labute approximate surface area is 200 Å². The molecule has 0 saturated heterocycles. The van der Waals surface area contributed by atoms with Crippen LogP contribution in [-0.4, -0.2) is 37.7 Å². The molecule has 0 aliphatic carbocycles. The highest BCUT2D eigenvalue weighted by Crippen LogP contribution is 2.30. The zero-order valence-electron chi connectivity index (χ0n) is 20.0. The van der Waals surface area contributed by atoms with Gasteiger partial charge in [-0.3, -0.25) is 4.79 Å². The highest BCUT2D eigenvalue weighted by molar-refractivity contribution is 6.00. The van der Waals surface area contributed by atoms with Crippen LogP contribution in [0.5, 0.6) is 5.75 Å². The van der Waals surface area contributed by atoms with Crippen LogP contribution in [0.25, 0.3) is 11.3 Å². The zero-order valence-corrected chi connectivity index (χ0v) is 20.0. The Morgan fingerprint density at radius 2 is 1.82 bits per heavy atom. The lowest BCUT2D eigenvalue weighted by atomic mass is 10.1. The lowest BCUT2D eigenvalue weighted by Crippen LogP contribution is -2.30. The van der Waals surface area contributed by atoms with E-state index in [4.69, 9.17) is 9.15 Å². The van der Waals surface area contributed by atoms with Gasteiger partial charge in [-0.25, -0.2) is 0 Å². The molecular formula is C28H31N3O3. The van der Waals surface area contributed by atoms with Crippen LogP contribution >= 0.6 is 0 Å². The van der Waals surface area contributed by atoms with Crippen molar-refractivity contribution in [3.05, 3.63) is 96.0 Å². The van der Waals surface area contributed by atoms with E-state index in [1.54, 1.807) is 13.4 Å². The number of benzene rings is 2. The van der Waals surface area contributed by atoms with Gasteiger partial charge in [0.1, 0.15) is 17.2 Å². The summed E-state index contributed by atoms with van der Waals surface area (Å²) in [5.41, 5.74) is 4.69. The maximum absolute atomic E-state index is 13.4. The van der Waals surface area contributed by atoms with Crippen LogP contribution in [0.1, 0.15) is 28.0 Å². The van der Waals surface area contributed by atoms with E-state index in [0.717, 1.165) is 41.1 Å². The monoisotopic (exact) mass is 457 g/mol. The number of furan rings is 1. The van der Waals surface area contributed by atoms with Gasteiger partial charge in [-0.1, -0.05) is 30.3 Å². The van der Waals surface area contributed by atoms with Crippen molar-refractivity contribution in [1.29, 1.82) is 0 Å². The third kappa shape index (κ3) is 5.34. The normalized spacial score (nSPS) is 10.8. The van der Waals surface area contributed by atoms with Crippen molar-refractivity contribution in [3.8, 4) is 17.1 Å². The fourth-order valence-electron chi connectivity index (χ4n) is 4.13. The Hall–Kier alpha value is -3.93. The second-order valence-corrected chi connectivity index (χ2v) is 8.36. The second-order valence-electron chi connectivity index (χ2n) is 8.36. The number of aryl methyl sites for hydroxylation is 1. The third-order valence-electron chi connectivity index (χ3n) is 5.92. The number of carbonyl (C=O) groups is 1. The number of nitrogens with one attached hydrogen (secondary N) is 1. The zero-order chi connectivity index (χ0) is 23.9. The molecule has 0 aliphatic heterocycles. The molecule has 6 heteroatoms. The first-order valence-corrected chi connectivity index (χ1v) is 11.5. The summed E-state index contributed by atoms with van der Waals surface area (Å²) < 4.78 is 12.9. The van der Waals surface area contributed by atoms with Gasteiger partial charge in [-0.15, -0.1) is 0 Å². The molecule has 34 heavy (non-hydrogen) atoms. The topological polar surface area (TPSA) is 59.6 Å². The van der Waals surface area contributed by atoms with Gasteiger partial charge in [0.15, 0.2) is 0 Å². The van der Waals surface area contributed by atoms with Crippen LogP contribution in [0.4, 0.5) is 5.69 Å². The molecule has 2 aromatic heterocycles. The summed E-state index contributed by atoms with van der Waals surface area (Å²) in [6, 6.07) is 21.9. The summed E-state index contributed by atoms with van der Waals surface area (Å²) in [4.78, 5) is 15.6. The number of hydrogen-bond acceptors (Lipinski definition) is 4. The number of amides is 1. The molecule has 0 atom stereocenters. The molecule has 0 fully saturated rings. The molecule has 0 radical (unpaired) electrons. The summed E-state index contributed by atoms with van der Waals surface area (Å²) in [7, 11) is 3.72. The number of rotatable bonds is 10. The number of ether oxygens (including phenoxy) is 1. The molecule has 0 unspecified atom stereocenters. The summed E-state index contributed by atoms with van der Waals surface area (Å²) >= 11 is 0. The van der Waals surface area contributed by atoms with E-state index >= 15 is 0 Å². The number of methoxy groups -OCH3 is 1. The van der Waals surface area contributed by atoms with E-state index in [1.165, 1.54) is 0 Å². The molecule has 4 aromatic rings. The van der Waals surface area contributed by atoms with Crippen molar-refractivity contribution in [2.24, 2.45) is 0 Å². The number of nitrogens with zero attached hydrogens (tertiary/aromatic N) is 2. The van der Waals surface area contributed by atoms with Crippen LogP contribution in [0.3, 0.4) is 0 Å². The first-order chi connectivity index (χ1) is 16.6. The number of carbonyl (C=O) groups excluding carboxylic acids is 1. The van der Waals surface area contributed by atoms with Gasteiger partial charge in [0.25, 0.3) is 5.91 Å². The van der Waals surface area contributed by atoms with E-state index in [-0.39, 0.29) is 5.91 Å². The van der Waals surface area contributed by atoms with Crippen molar-refractivity contribution in [2.75, 3.05) is 32.1 Å². The smallest absolute Gasteiger partial charge is 0.268 e. The minimum Gasteiger partial charge on any atom is -0.497 e. The average molecular weight is 458 g/mol. The molecule has 0 saturated carbocycles. The average Bonchev–Trinajstić information content (AvgIpc) is 3.50. The lowest BCUT2D eigenvalue weighted by molar-refractivity contribution is 0.0945. The first kappa shape index (κ1) is 23.2. The standard InChI is InChI=1S/C28H31N3O3/c1-21-19-31(20-22-12-14-24(33-3)15-13-22)27(26(21)25-11-7-18-34-25)28(32)29-16-8-17-30(2)23-9-5-4-6-10-23/h4-7,9-15,18-19H,8,16-17,20H2,1-3H3,(H,29,32). The Balaban J connectivity index is 1.49. The highest BCUT2D eigenvalue weighted by Gasteiger charge is 2.23. The number of aromatic nitrogens is 1. The second kappa shape index (κ2) is 10.8. The van der Waals surface area contributed by atoms with Crippen molar-refractivity contribution >= 4 is 11.6 Å². The summed E-state index contributed by atoms with van der Waals surface area (Å²) in [5, 5.41) is 3.12. The lowest BCUT2D eigenvalue weighted by Gasteiger charge is -2.19. The summed E-state index contributed by atoms with van der Waals surface area (Å²) in [5.74, 6) is 1.40. The molecule has 1 amide bonds.